The van der Waals surface area contributed by atoms with Gasteiger partial charge in [0.25, 0.3) is 0 Å². The fourth-order valence-corrected chi connectivity index (χ4v) is 3.05. The second kappa shape index (κ2) is 9.64. The molecule has 2 rings (SSSR count). The lowest BCUT2D eigenvalue weighted by Crippen LogP contribution is -2.40. The van der Waals surface area contributed by atoms with Gasteiger partial charge in [0.05, 0.1) is 25.4 Å². The number of urea groups is 1. The van der Waals surface area contributed by atoms with Crippen molar-refractivity contribution in [3.8, 4) is 0 Å². The van der Waals surface area contributed by atoms with Gasteiger partial charge in [-0.3, -0.25) is 0 Å². The molecule has 5 nitrogen and oxygen atoms in total. The SMILES string of the molecule is CC(C)CC(CO)NC(=O)Nc1ccc(COC2CCCC2)cc1. The molecule has 1 saturated carbocycles. The molecule has 1 aromatic carbocycles. The molecule has 0 radical (unpaired) electrons. The number of ether oxygens (including phenoxy) is 1. The third-order valence-corrected chi connectivity index (χ3v) is 4.31. The van der Waals surface area contributed by atoms with E-state index < -0.39 is 0 Å². The van der Waals surface area contributed by atoms with Crippen molar-refractivity contribution in [1.29, 1.82) is 0 Å². The van der Waals surface area contributed by atoms with Gasteiger partial charge in [-0.25, -0.2) is 4.79 Å². The fourth-order valence-electron chi connectivity index (χ4n) is 3.05. The maximum atomic E-state index is 12.0. The normalized spacial score (nSPS) is 16.3. The zero-order valence-electron chi connectivity index (χ0n) is 14.8. The van der Waals surface area contributed by atoms with Crippen LogP contribution in [0.1, 0.15) is 51.5 Å². The minimum Gasteiger partial charge on any atom is -0.394 e. The van der Waals surface area contributed by atoms with Gasteiger partial charge in [-0.2, -0.15) is 0 Å². The highest BCUT2D eigenvalue weighted by atomic mass is 16.5. The predicted molar refractivity (Wildman–Crippen MR) is 96.0 cm³/mol. The van der Waals surface area contributed by atoms with Gasteiger partial charge < -0.3 is 20.5 Å². The van der Waals surface area contributed by atoms with Crippen molar-refractivity contribution >= 4 is 11.7 Å². The van der Waals surface area contributed by atoms with Gasteiger partial charge in [0, 0.05) is 5.69 Å². The Morgan fingerprint density at radius 2 is 1.92 bits per heavy atom. The van der Waals surface area contributed by atoms with Crippen molar-refractivity contribution < 1.29 is 14.6 Å². The molecule has 1 fully saturated rings. The van der Waals surface area contributed by atoms with E-state index in [9.17, 15) is 9.90 Å². The molecule has 3 N–H and O–H groups in total. The minimum atomic E-state index is -0.287. The second-order valence-corrected chi connectivity index (χ2v) is 7.02. The van der Waals surface area contributed by atoms with Gasteiger partial charge in [0.2, 0.25) is 0 Å². The molecular weight excluding hydrogens is 304 g/mol. The summed E-state index contributed by atoms with van der Waals surface area (Å²) in [6.45, 7) is 4.70. The number of rotatable bonds is 8. The van der Waals surface area contributed by atoms with E-state index in [1.54, 1.807) is 0 Å². The van der Waals surface area contributed by atoms with Gasteiger partial charge in [-0.05, 0) is 42.9 Å². The average Bonchev–Trinajstić information content (AvgIpc) is 3.06. The summed E-state index contributed by atoms with van der Waals surface area (Å²) in [5.41, 5.74) is 1.85. The van der Waals surface area contributed by atoms with Gasteiger partial charge in [0.1, 0.15) is 0 Å². The van der Waals surface area contributed by atoms with E-state index in [4.69, 9.17) is 4.74 Å². The van der Waals surface area contributed by atoms with E-state index in [1.807, 2.05) is 24.3 Å². The Balaban J connectivity index is 1.76. The molecular formula is C19H30N2O3. The highest BCUT2D eigenvalue weighted by molar-refractivity contribution is 5.89. The highest BCUT2D eigenvalue weighted by Crippen LogP contribution is 2.22. The van der Waals surface area contributed by atoms with E-state index in [2.05, 4.69) is 24.5 Å². The first-order valence-corrected chi connectivity index (χ1v) is 8.95. The molecule has 24 heavy (non-hydrogen) atoms. The van der Waals surface area contributed by atoms with Crippen LogP contribution in [-0.2, 0) is 11.3 Å². The highest BCUT2D eigenvalue weighted by Gasteiger charge is 2.15. The van der Waals surface area contributed by atoms with Crippen LogP contribution < -0.4 is 10.6 Å². The van der Waals surface area contributed by atoms with Gasteiger partial charge in [-0.1, -0.05) is 38.8 Å². The van der Waals surface area contributed by atoms with Crippen molar-refractivity contribution in [3.05, 3.63) is 29.8 Å². The number of nitrogens with one attached hydrogen (secondary N) is 2. The van der Waals surface area contributed by atoms with E-state index >= 15 is 0 Å². The maximum Gasteiger partial charge on any atom is 0.319 e. The van der Waals surface area contributed by atoms with Crippen molar-refractivity contribution in [2.75, 3.05) is 11.9 Å². The Bertz CT molecular complexity index is 496. The number of carbonyl (C=O) groups is 1. The summed E-state index contributed by atoms with van der Waals surface area (Å²) in [6, 6.07) is 7.20. The summed E-state index contributed by atoms with van der Waals surface area (Å²) in [5.74, 6) is 0.418. The van der Waals surface area contributed by atoms with Crippen LogP contribution in [-0.4, -0.2) is 29.9 Å². The number of benzene rings is 1. The number of hydrogen-bond donors (Lipinski definition) is 3. The zero-order valence-corrected chi connectivity index (χ0v) is 14.8. The van der Waals surface area contributed by atoms with Crippen LogP contribution in [0.2, 0.25) is 0 Å². The lowest BCUT2D eigenvalue weighted by molar-refractivity contribution is 0.0457. The molecule has 134 valence electrons. The van der Waals surface area contributed by atoms with E-state index in [1.165, 1.54) is 25.7 Å². The minimum absolute atomic E-state index is 0.0525. The molecule has 5 heteroatoms. The summed E-state index contributed by atoms with van der Waals surface area (Å²) in [6.07, 6.45) is 6.04. The zero-order chi connectivity index (χ0) is 17.4. The average molecular weight is 334 g/mol. The molecule has 1 unspecified atom stereocenters. The number of aliphatic hydroxyl groups is 1. The molecule has 0 saturated heterocycles. The van der Waals surface area contributed by atoms with Crippen LogP contribution in [0, 0.1) is 5.92 Å². The summed E-state index contributed by atoms with van der Waals surface area (Å²) in [4.78, 5) is 12.0. The largest absolute Gasteiger partial charge is 0.394 e. The van der Waals surface area contributed by atoms with Crippen molar-refractivity contribution in [2.24, 2.45) is 5.92 Å². The quantitative estimate of drug-likeness (QED) is 0.679. The number of carbonyl (C=O) groups excluding carboxylic acids is 1. The summed E-state index contributed by atoms with van der Waals surface area (Å²) < 4.78 is 5.89. The number of aliphatic hydroxyl groups excluding tert-OH is 1. The fraction of sp³-hybridized carbons (Fsp3) is 0.632. The van der Waals surface area contributed by atoms with Crippen LogP contribution in [0.25, 0.3) is 0 Å². The lowest BCUT2D eigenvalue weighted by Gasteiger charge is -2.18. The molecule has 0 aromatic heterocycles. The number of anilines is 1. The summed E-state index contributed by atoms with van der Waals surface area (Å²) in [7, 11) is 0. The predicted octanol–water partition coefficient (Wildman–Crippen LogP) is 3.67. The number of amides is 2. The first-order chi connectivity index (χ1) is 11.6. The third kappa shape index (κ3) is 6.49. The molecule has 0 bridgehead atoms. The first kappa shape index (κ1) is 18.7. The molecule has 1 aliphatic carbocycles. The molecule has 0 spiro atoms. The lowest BCUT2D eigenvalue weighted by atomic mass is 10.0. The van der Waals surface area contributed by atoms with Crippen LogP contribution in [0.5, 0.6) is 0 Å². The topological polar surface area (TPSA) is 70.6 Å². The van der Waals surface area contributed by atoms with E-state index in [0.717, 1.165) is 17.7 Å². The molecule has 1 aliphatic rings. The van der Waals surface area contributed by atoms with E-state index in [0.29, 0.717) is 18.6 Å². The third-order valence-electron chi connectivity index (χ3n) is 4.31. The molecule has 1 atom stereocenters. The van der Waals surface area contributed by atoms with Gasteiger partial charge in [0.15, 0.2) is 0 Å². The summed E-state index contributed by atoms with van der Waals surface area (Å²) >= 11 is 0. The Kier molecular flexibility index (Phi) is 7.53. The van der Waals surface area contributed by atoms with Crippen LogP contribution >= 0.6 is 0 Å². The molecule has 2 amide bonds. The van der Waals surface area contributed by atoms with Crippen LogP contribution in [0.4, 0.5) is 10.5 Å². The van der Waals surface area contributed by atoms with Crippen LogP contribution in [0.3, 0.4) is 0 Å². The Hall–Kier alpha value is -1.59. The van der Waals surface area contributed by atoms with Crippen molar-refractivity contribution in [1.82, 2.24) is 5.32 Å². The standard InChI is InChI=1S/C19H30N2O3/c1-14(2)11-17(12-22)21-19(23)20-16-9-7-15(8-10-16)13-24-18-5-3-4-6-18/h7-10,14,17-18,22H,3-6,11-13H2,1-2H3,(H2,20,21,23). The Morgan fingerprint density at radius 1 is 1.25 bits per heavy atom. The molecule has 0 aliphatic heterocycles. The Morgan fingerprint density at radius 3 is 2.50 bits per heavy atom. The second-order valence-electron chi connectivity index (χ2n) is 7.02. The Labute approximate surface area is 144 Å². The van der Waals surface area contributed by atoms with Crippen LogP contribution in [0.15, 0.2) is 24.3 Å². The van der Waals surface area contributed by atoms with E-state index in [-0.39, 0.29) is 18.7 Å². The summed E-state index contributed by atoms with van der Waals surface area (Å²) in [5, 5.41) is 14.9. The van der Waals surface area contributed by atoms with Crippen molar-refractivity contribution in [2.45, 2.75) is 64.7 Å². The van der Waals surface area contributed by atoms with Gasteiger partial charge in [-0.15, -0.1) is 0 Å². The monoisotopic (exact) mass is 334 g/mol. The maximum absolute atomic E-state index is 12.0. The number of hydrogen-bond acceptors (Lipinski definition) is 3. The smallest absolute Gasteiger partial charge is 0.319 e. The first-order valence-electron chi connectivity index (χ1n) is 8.95. The molecule has 1 aromatic rings. The van der Waals surface area contributed by atoms with Gasteiger partial charge >= 0.3 is 6.03 Å². The van der Waals surface area contributed by atoms with Crippen molar-refractivity contribution in [3.63, 3.8) is 0 Å². The molecule has 0 heterocycles.